The molecule has 0 aliphatic heterocycles. The topological polar surface area (TPSA) is 75.3 Å². The van der Waals surface area contributed by atoms with Crippen LogP contribution in [0.2, 0.25) is 0 Å². The van der Waals surface area contributed by atoms with E-state index >= 15 is 0 Å². The highest BCUT2D eigenvalue weighted by Gasteiger charge is 2.22. The first-order valence-corrected chi connectivity index (χ1v) is 7.67. The minimum Gasteiger partial charge on any atom is -0.376 e. The van der Waals surface area contributed by atoms with Crippen molar-refractivity contribution < 1.29 is 13.2 Å². The molecule has 1 aromatic rings. The Morgan fingerprint density at radius 2 is 1.89 bits per heavy atom. The van der Waals surface area contributed by atoms with E-state index < -0.39 is 9.84 Å². The molecular formula is C12H16N2O3S. The Bertz CT molecular complexity index is 533. The van der Waals surface area contributed by atoms with E-state index in [0.29, 0.717) is 6.04 Å². The molecule has 0 saturated heterocycles. The zero-order valence-corrected chi connectivity index (χ0v) is 11.0. The summed E-state index contributed by atoms with van der Waals surface area (Å²) in [6, 6.07) is 6.71. The third-order valence-electron chi connectivity index (χ3n) is 2.68. The van der Waals surface area contributed by atoms with Crippen LogP contribution in [0.5, 0.6) is 0 Å². The van der Waals surface area contributed by atoms with Crippen molar-refractivity contribution in [3.05, 3.63) is 24.3 Å². The van der Waals surface area contributed by atoms with Crippen LogP contribution in [0, 0.1) is 0 Å². The Kier molecular flexibility index (Phi) is 3.56. The maximum absolute atomic E-state index is 11.4. The fourth-order valence-electron chi connectivity index (χ4n) is 1.51. The summed E-state index contributed by atoms with van der Waals surface area (Å²) in [5.41, 5.74) is 0.730. The molecule has 0 bridgehead atoms. The maximum Gasteiger partial charge on any atom is 0.239 e. The minimum atomic E-state index is -3.17. The molecule has 18 heavy (non-hydrogen) atoms. The Labute approximate surface area is 107 Å². The van der Waals surface area contributed by atoms with Gasteiger partial charge in [0.05, 0.1) is 11.4 Å². The van der Waals surface area contributed by atoms with Gasteiger partial charge in [-0.2, -0.15) is 0 Å². The molecule has 0 aromatic heterocycles. The second-order valence-electron chi connectivity index (χ2n) is 4.49. The summed E-state index contributed by atoms with van der Waals surface area (Å²) in [5.74, 6) is -0.0373. The predicted octanol–water partition coefficient (Wildman–Crippen LogP) is 0.781. The van der Waals surface area contributed by atoms with Gasteiger partial charge < -0.3 is 10.6 Å². The molecule has 1 aromatic carbocycles. The number of hydrogen-bond acceptors (Lipinski definition) is 4. The van der Waals surface area contributed by atoms with Crippen molar-refractivity contribution in [2.24, 2.45) is 0 Å². The van der Waals surface area contributed by atoms with E-state index in [1.165, 1.54) is 18.4 Å². The van der Waals surface area contributed by atoms with Gasteiger partial charge in [-0.25, -0.2) is 8.42 Å². The van der Waals surface area contributed by atoms with Gasteiger partial charge in [-0.15, -0.1) is 0 Å². The molecule has 1 saturated carbocycles. The van der Waals surface area contributed by atoms with Crippen LogP contribution < -0.4 is 10.6 Å². The molecule has 5 nitrogen and oxygen atoms in total. The lowest BCUT2D eigenvalue weighted by atomic mass is 10.3. The van der Waals surface area contributed by atoms with Crippen molar-refractivity contribution >= 4 is 21.4 Å². The summed E-state index contributed by atoms with van der Waals surface area (Å²) in [5, 5.41) is 5.81. The van der Waals surface area contributed by atoms with Crippen molar-refractivity contribution in [1.29, 1.82) is 0 Å². The SMILES string of the molecule is CS(=O)(=O)c1ccc(NCC(=O)NC2CC2)cc1. The van der Waals surface area contributed by atoms with Gasteiger partial charge in [0.15, 0.2) is 9.84 Å². The van der Waals surface area contributed by atoms with Crippen molar-refractivity contribution in [1.82, 2.24) is 5.32 Å². The van der Waals surface area contributed by atoms with E-state index in [2.05, 4.69) is 10.6 Å². The average molecular weight is 268 g/mol. The summed E-state index contributed by atoms with van der Waals surface area (Å²) in [6.07, 6.45) is 3.29. The molecular weight excluding hydrogens is 252 g/mol. The quantitative estimate of drug-likeness (QED) is 0.827. The Balaban J connectivity index is 1.87. The lowest BCUT2D eigenvalue weighted by Gasteiger charge is -2.07. The summed E-state index contributed by atoms with van der Waals surface area (Å²) < 4.78 is 22.5. The van der Waals surface area contributed by atoms with Gasteiger partial charge in [-0.3, -0.25) is 4.79 Å². The Morgan fingerprint density at radius 3 is 2.39 bits per heavy atom. The first kappa shape index (κ1) is 12.9. The third-order valence-corrected chi connectivity index (χ3v) is 3.81. The van der Waals surface area contributed by atoms with Crippen molar-refractivity contribution in [2.75, 3.05) is 18.1 Å². The van der Waals surface area contributed by atoms with Crippen LogP contribution in [0.25, 0.3) is 0 Å². The van der Waals surface area contributed by atoms with Gasteiger partial charge in [0.1, 0.15) is 0 Å². The van der Waals surface area contributed by atoms with Crippen molar-refractivity contribution in [2.45, 2.75) is 23.8 Å². The van der Waals surface area contributed by atoms with Crippen LogP contribution in [-0.4, -0.2) is 33.2 Å². The third kappa shape index (κ3) is 3.73. The summed E-state index contributed by atoms with van der Waals surface area (Å²) in [7, 11) is -3.17. The first-order valence-electron chi connectivity index (χ1n) is 5.78. The van der Waals surface area contributed by atoms with Crippen LogP contribution in [-0.2, 0) is 14.6 Å². The van der Waals surface area contributed by atoms with Gasteiger partial charge in [0.2, 0.25) is 5.91 Å². The lowest BCUT2D eigenvalue weighted by molar-refractivity contribution is -0.119. The molecule has 0 atom stereocenters. The standard InChI is InChI=1S/C12H16N2O3S/c1-18(16,17)11-6-4-9(5-7-11)13-8-12(15)14-10-2-3-10/h4-7,10,13H,2-3,8H2,1H3,(H,14,15). The van der Waals surface area contributed by atoms with E-state index in [1.54, 1.807) is 12.1 Å². The predicted molar refractivity (Wildman–Crippen MR) is 69.2 cm³/mol. The molecule has 0 unspecified atom stereocenters. The van der Waals surface area contributed by atoms with Crippen LogP contribution in [0.4, 0.5) is 5.69 Å². The number of rotatable bonds is 5. The van der Waals surface area contributed by atoms with Crippen LogP contribution in [0.3, 0.4) is 0 Å². The van der Waals surface area contributed by atoms with E-state index in [0.717, 1.165) is 18.5 Å². The molecule has 6 heteroatoms. The van der Waals surface area contributed by atoms with Gasteiger partial charge in [-0.1, -0.05) is 0 Å². The van der Waals surface area contributed by atoms with E-state index in [1.807, 2.05) is 0 Å². The zero-order chi connectivity index (χ0) is 13.2. The van der Waals surface area contributed by atoms with E-state index in [9.17, 15) is 13.2 Å². The van der Waals surface area contributed by atoms with Crippen LogP contribution in [0.1, 0.15) is 12.8 Å². The minimum absolute atomic E-state index is 0.0373. The number of benzene rings is 1. The number of carbonyl (C=O) groups is 1. The van der Waals surface area contributed by atoms with Crippen molar-refractivity contribution in [3.8, 4) is 0 Å². The first-order chi connectivity index (χ1) is 8.45. The number of nitrogens with one attached hydrogen (secondary N) is 2. The van der Waals surface area contributed by atoms with Crippen molar-refractivity contribution in [3.63, 3.8) is 0 Å². The largest absolute Gasteiger partial charge is 0.376 e. The molecule has 98 valence electrons. The van der Waals surface area contributed by atoms with Crippen LogP contribution in [0.15, 0.2) is 29.2 Å². The van der Waals surface area contributed by atoms with Crippen LogP contribution >= 0.6 is 0 Å². The summed E-state index contributed by atoms with van der Waals surface area (Å²) in [6.45, 7) is 0.203. The second kappa shape index (κ2) is 4.97. The molecule has 2 rings (SSSR count). The van der Waals surface area contributed by atoms with Gasteiger partial charge in [-0.05, 0) is 37.1 Å². The molecule has 1 aliphatic rings. The molecule has 1 amide bonds. The number of anilines is 1. The normalized spacial score (nSPS) is 15.2. The van der Waals surface area contributed by atoms with Gasteiger partial charge >= 0.3 is 0 Å². The molecule has 0 radical (unpaired) electrons. The lowest BCUT2D eigenvalue weighted by Crippen LogP contribution is -2.31. The Hall–Kier alpha value is -1.56. The fraction of sp³-hybridized carbons (Fsp3) is 0.417. The maximum atomic E-state index is 11.4. The average Bonchev–Trinajstić information content (AvgIpc) is 3.10. The molecule has 0 spiro atoms. The molecule has 2 N–H and O–H groups in total. The zero-order valence-electron chi connectivity index (χ0n) is 10.1. The highest BCUT2D eigenvalue weighted by Crippen LogP contribution is 2.18. The number of hydrogen-bond donors (Lipinski definition) is 2. The number of sulfone groups is 1. The smallest absolute Gasteiger partial charge is 0.239 e. The number of amides is 1. The fourth-order valence-corrected chi connectivity index (χ4v) is 2.14. The molecule has 1 aliphatic carbocycles. The summed E-state index contributed by atoms with van der Waals surface area (Å²) in [4.78, 5) is 11.7. The molecule has 0 heterocycles. The highest BCUT2D eigenvalue weighted by atomic mass is 32.2. The monoisotopic (exact) mass is 268 g/mol. The van der Waals surface area contributed by atoms with E-state index in [4.69, 9.17) is 0 Å². The second-order valence-corrected chi connectivity index (χ2v) is 6.51. The highest BCUT2D eigenvalue weighted by molar-refractivity contribution is 7.90. The van der Waals surface area contributed by atoms with Gasteiger partial charge in [0.25, 0.3) is 0 Å². The van der Waals surface area contributed by atoms with E-state index in [-0.39, 0.29) is 17.3 Å². The number of carbonyl (C=O) groups excluding carboxylic acids is 1. The summed E-state index contributed by atoms with van der Waals surface area (Å²) >= 11 is 0. The van der Waals surface area contributed by atoms with Gasteiger partial charge in [0, 0.05) is 18.0 Å². The molecule has 1 fully saturated rings. The Morgan fingerprint density at radius 1 is 1.28 bits per heavy atom.